The zero-order valence-electron chi connectivity index (χ0n) is 20.2. The number of piperidine rings is 1. The number of benzene rings is 2. The fourth-order valence-electron chi connectivity index (χ4n) is 4.76. The van der Waals surface area contributed by atoms with Gasteiger partial charge in [0, 0.05) is 50.2 Å². The standard InChI is InChI=1S/C25H32ClN3O5S/c1-3-34-23-9-8-20(26)18-24(23)35(31,32)29-12-10-19(11-13-29)25(30)28-16-14-27(15-17-28)21-6-4-5-7-22(21)33-2/h4-9,18-19H,3,10-17H2,1-2H3. The van der Waals surface area contributed by atoms with Crippen molar-refractivity contribution < 1.29 is 22.7 Å². The van der Waals surface area contributed by atoms with Gasteiger partial charge in [-0.3, -0.25) is 4.79 Å². The van der Waals surface area contributed by atoms with Crippen LogP contribution in [0.5, 0.6) is 11.5 Å². The lowest BCUT2D eigenvalue weighted by atomic mass is 9.96. The summed E-state index contributed by atoms with van der Waals surface area (Å²) in [5.41, 5.74) is 1.04. The highest BCUT2D eigenvalue weighted by Crippen LogP contribution is 2.33. The molecule has 1 amide bonds. The van der Waals surface area contributed by atoms with E-state index in [2.05, 4.69) is 4.90 Å². The van der Waals surface area contributed by atoms with Gasteiger partial charge in [0.25, 0.3) is 0 Å². The molecule has 2 fully saturated rings. The monoisotopic (exact) mass is 521 g/mol. The SMILES string of the molecule is CCOc1ccc(Cl)cc1S(=O)(=O)N1CCC(C(=O)N2CCN(c3ccccc3OC)CC2)CC1. The maximum absolute atomic E-state index is 13.3. The summed E-state index contributed by atoms with van der Waals surface area (Å²) < 4.78 is 39.1. The van der Waals surface area contributed by atoms with Gasteiger partial charge in [0.05, 0.1) is 19.4 Å². The highest BCUT2D eigenvalue weighted by atomic mass is 35.5. The van der Waals surface area contributed by atoms with E-state index in [0.717, 1.165) is 24.5 Å². The minimum Gasteiger partial charge on any atom is -0.495 e. The Labute approximate surface area is 212 Å². The highest BCUT2D eigenvalue weighted by Gasteiger charge is 2.36. The molecule has 8 nitrogen and oxygen atoms in total. The number of piperazine rings is 1. The molecular formula is C25H32ClN3O5S. The van der Waals surface area contributed by atoms with Crippen LogP contribution in [0.4, 0.5) is 5.69 Å². The zero-order valence-corrected chi connectivity index (χ0v) is 21.7. The van der Waals surface area contributed by atoms with Gasteiger partial charge in [-0.2, -0.15) is 4.31 Å². The second kappa shape index (κ2) is 11.1. The second-order valence-corrected chi connectivity index (χ2v) is 11.0. The summed E-state index contributed by atoms with van der Waals surface area (Å²) in [5.74, 6) is 1.06. The summed E-state index contributed by atoms with van der Waals surface area (Å²) in [6, 6.07) is 12.5. The van der Waals surface area contributed by atoms with Gasteiger partial charge >= 0.3 is 0 Å². The molecule has 2 aliphatic heterocycles. The van der Waals surface area contributed by atoms with Gasteiger partial charge in [-0.15, -0.1) is 0 Å². The fraction of sp³-hybridized carbons (Fsp3) is 0.480. The van der Waals surface area contributed by atoms with Crippen molar-refractivity contribution in [2.24, 2.45) is 5.92 Å². The van der Waals surface area contributed by atoms with Crippen LogP contribution >= 0.6 is 11.6 Å². The van der Waals surface area contributed by atoms with Crippen molar-refractivity contribution in [1.29, 1.82) is 0 Å². The lowest BCUT2D eigenvalue weighted by Gasteiger charge is -2.39. The third-order valence-electron chi connectivity index (χ3n) is 6.64. The lowest BCUT2D eigenvalue weighted by molar-refractivity contribution is -0.137. The number of amides is 1. The molecule has 0 aromatic heterocycles. The number of carbonyl (C=O) groups excluding carboxylic acids is 1. The van der Waals surface area contributed by atoms with E-state index in [1.165, 1.54) is 10.4 Å². The van der Waals surface area contributed by atoms with Gasteiger partial charge in [-0.1, -0.05) is 23.7 Å². The van der Waals surface area contributed by atoms with E-state index >= 15 is 0 Å². The number of nitrogens with zero attached hydrogens (tertiary/aromatic N) is 3. The fourth-order valence-corrected chi connectivity index (χ4v) is 6.62. The molecule has 35 heavy (non-hydrogen) atoms. The normalized spacial score (nSPS) is 17.9. The Morgan fingerprint density at radius 3 is 2.34 bits per heavy atom. The van der Waals surface area contributed by atoms with Crippen molar-refractivity contribution >= 4 is 33.2 Å². The molecule has 0 saturated carbocycles. The van der Waals surface area contributed by atoms with Crippen molar-refractivity contribution in [2.45, 2.75) is 24.7 Å². The minimum atomic E-state index is -3.78. The summed E-state index contributed by atoms with van der Waals surface area (Å²) in [6.07, 6.45) is 0.991. The van der Waals surface area contributed by atoms with Crippen LogP contribution in [0.2, 0.25) is 5.02 Å². The Morgan fingerprint density at radius 2 is 1.69 bits per heavy atom. The zero-order chi connectivity index (χ0) is 25.0. The number of halogens is 1. The molecule has 2 aromatic rings. The molecule has 190 valence electrons. The Bertz CT molecular complexity index is 1140. The minimum absolute atomic E-state index is 0.0732. The van der Waals surface area contributed by atoms with Crippen LogP contribution in [0.1, 0.15) is 19.8 Å². The summed E-state index contributed by atoms with van der Waals surface area (Å²) in [5, 5.41) is 0.337. The molecule has 0 atom stereocenters. The molecule has 0 bridgehead atoms. The Kier molecular flexibility index (Phi) is 8.09. The van der Waals surface area contributed by atoms with Crippen LogP contribution in [0.3, 0.4) is 0 Å². The molecule has 10 heteroatoms. The quantitative estimate of drug-likeness (QED) is 0.555. The number of sulfonamides is 1. The van der Waals surface area contributed by atoms with E-state index in [0.29, 0.717) is 43.3 Å². The van der Waals surface area contributed by atoms with Gasteiger partial charge in [-0.05, 0) is 50.1 Å². The summed E-state index contributed by atoms with van der Waals surface area (Å²) in [4.78, 5) is 17.4. The average Bonchev–Trinajstić information content (AvgIpc) is 2.89. The predicted molar refractivity (Wildman–Crippen MR) is 136 cm³/mol. The molecule has 4 rings (SSSR count). The molecule has 2 aromatic carbocycles. The van der Waals surface area contributed by atoms with Crippen LogP contribution in [0.25, 0.3) is 0 Å². The molecule has 2 saturated heterocycles. The lowest BCUT2D eigenvalue weighted by Crippen LogP contribution is -2.52. The average molecular weight is 522 g/mol. The Hall–Kier alpha value is -2.49. The Balaban J connectivity index is 1.35. The number of hydrogen-bond donors (Lipinski definition) is 0. The van der Waals surface area contributed by atoms with Crippen molar-refractivity contribution in [3.63, 3.8) is 0 Å². The molecular weight excluding hydrogens is 490 g/mol. The van der Waals surface area contributed by atoms with E-state index in [4.69, 9.17) is 21.1 Å². The topological polar surface area (TPSA) is 79.4 Å². The van der Waals surface area contributed by atoms with Crippen LogP contribution in [-0.4, -0.2) is 76.5 Å². The first-order chi connectivity index (χ1) is 16.8. The number of rotatable bonds is 7. The summed E-state index contributed by atoms with van der Waals surface area (Å²) >= 11 is 6.08. The third-order valence-corrected chi connectivity index (χ3v) is 8.80. The number of anilines is 1. The Morgan fingerprint density at radius 1 is 1.00 bits per heavy atom. The summed E-state index contributed by atoms with van der Waals surface area (Å²) in [6.45, 7) is 5.47. The third kappa shape index (κ3) is 5.52. The molecule has 0 unspecified atom stereocenters. The van der Waals surface area contributed by atoms with E-state index in [-0.39, 0.29) is 29.8 Å². The number of ether oxygens (including phenoxy) is 2. The van der Waals surface area contributed by atoms with Crippen molar-refractivity contribution in [1.82, 2.24) is 9.21 Å². The van der Waals surface area contributed by atoms with Crippen LogP contribution < -0.4 is 14.4 Å². The molecule has 0 radical (unpaired) electrons. The molecule has 2 heterocycles. The first-order valence-corrected chi connectivity index (χ1v) is 13.8. The maximum Gasteiger partial charge on any atom is 0.246 e. The van der Waals surface area contributed by atoms with Crippen molar-refractivity contribution in [2.75, 3.05) is 57.9 Å². The first-order valence-electron chi connectivity index (χ1n) is 11.9. The number of methoxy groups -OCH3 is 1. The number of para-hydroxylation sites is 2. The van der Waals surface area contributed by atoms with Crippen LogP contribution in [0, 0.1) is 5.92 Å². The van der Waals surface area contributed by atoms with Gasteiger partial charge < -0.3 is 19.3 Å². The van der Waals surface area contributed by atoms with Crippen LogP contribution in [-0.2, 0) is 14.8 Å². The molecule has 2 aliphatic rings. The number of hydrogen-bond acceptors (Lipinski definition) is 6. The smallest absolute Gasteiger partial charge is 0.246 e. The van der Waals surface area contributed by atoms with Crippen molar-refractivity contribution in [3.05, 3.63) is 47.5 Å². The van der Waals surface area contributed by atoms with Gasteiger partial charge in [-0.25, -0.2) is 8.42 Å². The van der Waals surface area contributed by atoms with Gasteiger partial charge in [0.1, 0.15) is 16.4 Å². The van der Waals surface area contributed by atoms with Crippen molar-refractivity contribution in [3.8, 4) is 11.5 Å². The van der Waals surface area contributed by atoms with E-state index in [1.54, 1.807) is 26.2 Å². The largest absolute Gasteiger partial charge is 0.495 e. The van der Waals surface area contributed by atoms with E-state index in [1.807, 2.05) is 29.2 Å². The molecule has 0 N–H and O–H groups in total. The van der Waals surface area contributed by atoms with Gasteiger partial charge in [0.15, 0.2) is 0 Å². The predicted octanol–water partition coefficient (Wildman–Crippen LogP) is 3.50. The summed E-state index contributed by atoms with van der Waals surface area (Å²) in [7, 11) is -2.11. The highest BCUT2D eigenvalue weighted by molar-refractivity contribution is 7.89. The van der Waals surface area contributed by atoms with Gasteiger partial charge in [0.2, 0.25) is 15.9 Å². The molecule has 0 aliphatic carbocycles. The molecule has 0 spiro atoms. The first kappa shape index (κ1) is 25.6. The van der Waals surface area contributed by atoms with E-state index < -0.39 is 10.0 Å². The van der Waals surface area contributed by atoms with Crippen LogP contribution in [0.15, 0.2) is 47.4 Å². The maximum atomic E-state index is 13.3. The van der Waals surface area contributed by atoms with E-state index in [9.17, 15) is 13.2 Å². The second-order valence-electron chi connectivity index (χ2n) is 8.69. The number of carbonyl (C=O) groups is 1.